The average molecular weight is 424 g/mol. The molecule has 1 unspecified atom stereocenters. The Labute approximate surface area is 175 Å². The van der Waals surface area contributed by atoms with E-state index in [1.165, 1.54) is 16.2 Å². The Bertz CT molecular complexity index is 1180. The van der Waals surface area contributed by atoms with Crippen LogP contribution in [0, 0.1) is 6.92 Å². The van der Waals surface area contributed by atoms with E-state index in [4.69, 9.17) is 13.9 Å². The molecule has 30 heavy (non-hydrogen) atoms. The Morgan fingerprint density at radius 1 is 1.17 bits per heavy atom. The second-order valence-corrected chi connectivity index (χ2v) is 7.66. The highest BCUT2D eigenvalue weighted by Gasteiger charge is 2.49. The number of aliphatic hydroxyl groups excluding tert-OH is 1. The van der Waals surface area contributed by atoms with Crippen molar-refractivity contribution in [1.82, 2.24) is 4.98 Å². The van der Waals surface area contributed by atoms with Crippen LogP contribution in [0.1, 0.15) is 23.1 Å². The van der Waals surface area contributed by atoms with Gasteiger partial charge in [-0.05, 0) is 37.3 Å². The Kier molecular flexibility index (Phi) is 4.32. The summed E-state index contributed by atoms with van der Waals surface area (Å²) in [6.45, 7) is 2.59. The summed E-state index contributed by atoms with van der Waals surface area (Å²) >= 11 is 1.22. The minimum atomic E-state index is -0.932. The minimum absolute atomic E-state index is 0.0683. The molecule has 2 aliphatic rings. The van der Waals surface area contributed by atoms with Gasteiger partial charge in [-0.1, -0.05) is 0 Å². The number of aliphatic hydroxyl groups is 1. The average Bonchev–Trinajstić information content (AvgIpc) is 3.48. The van der Waals surface area contributed by atoms with Crippen molar-refractivity contribution in [3.8, 4) is 11.5 Å². The predicted molar refractivity (Wildman–Crippen MR) is 108 cm³/mol. The van der Waals surface area contributed by atoms with Crippen LogP contribution >= 0.6 is 11.3 Å². The molecule has 0 aliphatic carbocycles. The van der Waals surface area contributed by atoms with Crippen molar-refractivity contribution < 1.29 is 28.6 Å². The summed E-state index contributed by atoms with van der Waals surface area (Å²) in [5.41, 5.74) is 0.269. The van der Waals surface area contributed by atoms with Gasteiger partial charge in [-0.3, -0.25) is 14.5 Å². The van der Waals surface area contributed by atoms with Crippen LogP contribution in [0.5, 0.6) is 11.5 Å². The van der Waals surface area contributed by atoms with Gasteiger partial charge < -0.3 is 19.0 Å². The molecule has 1 fully saturated rings. The molecule has 3 aromatic rings. The summed E-state index contributed by atoms with van der Waals surface area (Å²) in [4.78, 5) is 31.3. The third-order valence-corrected chi connectivity index (χ3v) is 5.69. The van der Waals surface area contributed by atoms with E-state index in [1.807, 2.05) is 0 Å². The predicted octanol–water partition coefficient (Wildman–Crippen LogP) is 3.44. The number of ketones is 1. The molecule has 152 valence electrons. The lowest BCUT2D eigenvalue weighted by Gasteiger charge is -2.21. The molecule has 2 aromatic heterocycles. The standard InChI is InChI=1S/C21H16N2O6S/c1-11-2-4-14(29-11)17-16(19(25)20(26)23(17)21-22-6-9-30-21)18(24)12-3-5-13-15(10-12)28-8-7-27-13/h2-6,9-10,17,24H,7-8H2,1H3/b18-16+. The summed E-state index contributed by atoms with van der Waals surface area (Å²) in [7, 11) is 0. The van der Waals surface area contributed by atoms with Crippen LogP contribution in [0.2, 0.25) is 0 Å². The zero-order valence-corrected chi connectivity index (χ0v) is 16.6. The van der Waals surface area contributed by atoms with E-state index in [0.29, 0.717) is 46.9 Å². The van der Waals surface area contributed by atoms with Crippen molar-refractivity contribution in [3.63, 3.8) is 0 Å². The summed E-state index contributed by atoms with van der Waals surface area (Å²) in [6.07, 6.45) is 1.55. The Balaban J connectivity index is 1.68. The number of benzene rings is 1. The molecule has 0 bridgehead atoms. The summed E-state index contributed by atoms with van der Waals surface area (Å²) in [5, 5.41) is 13.1. The highest BCUT2D eigenvalue weighted by molar-refractivity contribution is 7.14. The van der Waals surface area contributed by atoms with Crippen molar-refractivity contribution in [3.05, 3.63) is 64.6 Å². The number of Topliss-reactive ketones (excluding diaryl/α,β-unsaturated/α-hetero) is 1. The number of hydrogen-bond acceptors (Lipinski definition) is 8. The lowest BCUT2D eigenvalue weighted by molar-refractivity contribution is -0.132. The fraction of sp³-hybridized carbons (Fsp3) is 0.190. The number of anilines is 1. The van der Waals surface area contributed by atoms with Crippen molar-refractivity contribution in [2.24, 2.45) is 0 Å². The molecule has 1 N–H and O–H groups in total. The van der Waals surface area contributed by atoms with Crippen LogP contribution in [-0.2, 0) is 9.59 Å². The van der Waals surface area contributed by atoms with Gasteiger partial charge in [0, 0.05) is 17.1 Å². The van der Waals surface area contributed by atoms with E-state index in [-0.39, 0.29) is 11.3 Å². The van der Waals surface area contributed by atoms with Crippen molar-refractivity contribution in [1.29, 1.82) is 0 Å². The first-order valence-corrected chi connectivity index (χ1v) is 10.1. The van der Waals surface area contributed by atoms with Crippen LogP contribution in [0.4, 0.5) is 5.13 Å². The number of carbonyl (C=O) groups is 2. The molecular weight excluding hydrogens is 408 g/mol. The number of aryl methyl sites for hydroxylation is 1. The molecule has 0 spiro atoms. The molecule has 9 heteroatoms. The Hall–Kier alpha value is -3.59. The topological polar surface area (TPSA) is 102 Å². The smallest absolute Gasteiger partial charge is 0.302 e. The molecule has 1 aromatic carbocycles. The first-order chi connectivity index (χ1) is 14.5. The molecule has 0 radical (unpaired) electrons. The van der Waals surface area contributed by atoms with E-state index < -0.39 is 17.7 Å². The minimum Gasteiger partial charge on any atom is -0.507 e. The fourth-order valence-electron chi connectivity index (χ4n) is 3.58. The van der Waals surface area contributed by atoms with E-state index in [0.717, 1.165) is 0 Å². The van der Waals surface area contributed by atoms with Gasteiger partial charge in [-0.15, -0.1) is 11.3 Å². The normalized spacial score (nSPS) is 20.0. The van der Waals surface area contributed by atoms with E-state index in [1.54, 1.807) is 48.8 Å². The highest BCUT2D eigenvalue weighted by Crippen LogP contribution is 2.44. The van der Waals surface area contributed by atoms with Crippen LogP contribution < -0.4 is 14.4 Å². The molecule has 4 heterocycles. The number of aromatic nitrogens is 1. The third-order valence-electron chi connectivity index (χ3n) is 4.92. The lowest BCUT2D eigenvalue weighted by atomic mass is 9.99. The molecule has 8 nitrogen and oxygen atoms in total. The Morgan fingerprint density at radius 2 is 1.97 bits per heavy atom. The van der Waals surface area contributed by atoms with Crippen molar-refractivity contribution in [2.75, 3.05) is 18.1 Å². The molecule has 5 rings (SSSR count). The number of hydrogen-bond donors (Lipinski definition) is 1. The zero-order chi connectivity index (χ0) is 20.8. The quantitative estimate of drug-likeness (QED) is 0.390. The molecule has 0 saturated carbocycles. The van der Waals surface area contributed by atoms with Crippen LogP contribution in [0.3, 0.4) is 0 Å². The van der Waals surface area contributed by atoms with Crippen molar-refractivity contribution in [2.45, 2.75) is 13.0 Å². The summed E-state index contributed by atoms with van der Waals surface area (Å²) in [5.74, 6) is 0.0994. The van der Waals surface area contributed by atoms with Gasteiger partial charge in [-0.2, -0.15) is 0 Å². The first kappa shape index (κ1) is 18.4. The maximum Gasteiger partial charge on any atom is 0.302 e. The van der Waals surface area contributed by atoms with E-state index in [9.17, 15) is 14.7 Å². The van der Waals surface area contributed by atoms with Gasteiger partial charge in [0.25, 0.3) is 5.78 Å². The number of ether oxygens (including phenoxy) is 2. The van der Waals surface area contributed by atoms with Crippen LogP contribution in [0.15, 0.2) is 51.9 Å². The van der Waals surface area contributed by atoms with Gasteiger partial charge in [0.05, 0.1) is 5.57 Å². The number of nitrogens with zero attached hydrogens (tertiary/aromatic N) is 2. The maximum absolute atomic E-state index is 13.0. The van der Waals surface area contributed by atoms with Crippen LogP contribution in [-0.4, -0.2) is 35.0 Å². The maximum atomic E-state index is 13.0. The first-order valence-electron chi connectivity index (χ1n) is 9.21. The number of fused-ring (bicyclic) bond motifs is 1. The Morgan fingerprint density at radius 3 is 2.67 bits per heavy atom. The SMILES string of the molecule is Cc1ccc(C2/C(=C(\O)c3ccc4c(c3)OCCO4)C(=O)C(=O)N2c2nccs2)o1. The van der Waals surface area contributed by atoms with Gasteiger partial charge in [0.2, 0.25) is 0 Å². The van der Waals surface area contributed by atoms with E-state index in [2.05, 4.69) is 4.98 Å². The molecule has 1 atom stereocenters. The van der Waals surface area contributed by atoms with Gasteiger partial charge in [0.1, 0.15) is 36.5 Å². The molecule has 2 aliphatic heterocycles. The number of furan rings is 1. The summed E-state index contributed by atoms with van der Waals surface area (Å²) < 4.78 is 16.8. The third kappa shape index (κ3) is 2.86. The zero-order valence-electron chi connectivity index (χ0n) is 15.8. The number of rotatable bonds is 3. The molecule has 1 amide bonds. The summed E-state index contributed by atoms with van der Waals surface area (Å²) in [6, 6.07) is 7.35. The fourth-order valence-corrected chi connectivity index (χ4v) is 4.25. The highest BCUT2D eigenvalue weighted by atomic mass is 32.1. The molecule has 1 saturated heterocycles. The molecular formula is C21H16N2O6S. The lowest BCUT2D eigenvalue weighted by Crippen LogP contribution is -2.29. The second-order valence-electron chi connectivity index (χ2n) is 6.79. The van der Waals surface area contributed by atoms with Crippen LogP contribution in [0.25, 0.3) is 5.76 Å². The van der Waals surface area contributed by atoms with Crippen molar-refractivity contribution >= 4 is 33.9 Å². The number of carbonyl (C=O) groups excluding carboxylic acids is 2. The monoisotopic (exact) mass is 424 g/mol. The number of amides is 1. The largest absolute Gasteiger partial charge is 0.507 e. The van der Waals surface area contributed by atoms with Gasteiger partial charge in [0.15, 0.2) is 16.6 Å². The number of thiazole rings is 1. The van der Waals surface area contributed by atoms with E-state index >= 15 is 0 Å². The van der Waals surface area contributed by atoms with Gasteiger partial charge in [-0.25, -0.2) is 4.98 Å². The second kappa shape index (κ2) is 7.03. The van der Waals surface area contributed by atoms with Gasteiger partial charge >= 0.3 is 5.91 Å².